The third kappa shape index (κ3) is 1.83. The van der Waals surface area contributed by atoms with Gasteiger partial charge in [-0.3, -0.25) is 0 Å². The van der Waals surface area contributed by atoms with E-state index in [0.717, 1.165) is 31.0 Å². The zero-order chi connectivity index (χ0) is 12.5. The molecule has 5 nitrogen and oxygen atoms in total. The quantitative estimate of drug-likeness (QED) is 0.839. The van der Waals surface area contributed by atoms with Crippen LogP contribution in [0.5, 0.6) is 0 Å². The van der Waals surface area contributed by atoms with Gasteiger partial charge in [0.2, 0.25) is 5.82 Å². The number of nitrogens with one attached hydrogen (secondary N) is 1. The second-order valence-corrected chi connectivity index (χ2v) is 5.03. The molecule has 0 amide bonds. The topological polar surface area (TPSA) is 64.8 Å². The van der Waals surface area contributed by atoms with Gasteiger partial charge in [-0.2, -0.15) is 5.26 Å². The zero-order valence-corrected chi connectivity index (χ0v) is 10.6. The molecule has 2 heterocycles. The summed E-state index contributed by atoms with van der Waals surface area (Å²) in [5.74, 6) is 1.25. The van der Waals surface area contributed by atoms with Crippen molar-refractivity contribution < 1.29 is 0 Å². The van der Waals surface area contributed by atoms with E-state index in [4.69, 9.17) is 5.26 Å². The number of hydrogen-bond donors (Lipinski definition) is 1. The van der Waals surface area contributed by atoms with Crippen LogP contribution in [0.15, 0.2) is 0 Å². The van der Waals surface area contributed by atoms with E-state index >= 15 is 0 Å². The minimum atomic E-state index is 0.303. The lowest BCUT2D eigenvalue weighted by molar-refractivity contribution is 0.397. The third-order valence-electron chi connectivity index (χ3n) is 3.97. The smallest absolute Gasteiger partial charge is 0.234 e. The maximum atomic E-state index is 9.05. The van der Waals surface area contributed by atoms with Crippen molar-refractivity contribution in [1.82, 2.24) is 15.3 Å². The fraction of sp³-hybridized carbons (Fsp3) is 0.615. The third-order valence-corrected chi connectivity index (χ3v) is 3.97. The molecule has 1 fully saturated rings. The van der Waals surface area contributed by atoms with E-state index in [1.54, 1.807) is 0 Å². The summed E-state index contributed by atoms with van der Waals surface area (Å²) in [6.07, 6.45) is 4.64. The van der Waals surface area contributed by atoms with Crippen LogP contribution in [0.25, 0.3) is 0 Å². The molecule has 1 aromatic heterocycles. The lowest BCUT2D eigenvalue weighted by atomic mass is 9.91. The van der Waals surface area contributed by atoms with Crippen LogP contribution in [0.2, 0.25) is 0 Å². The van der Waals surface area contributed by atoms with Gasteiger partial charge in [-0.1, -0.05) is 0 Å². The van der Waals surface area contributed by atoms with E-state index < -0.39 is 0 Å². The second kappa shape index (κ2) is 4.54. The molecule has 1 N–H and O–H groups in total. The van der Waals surface area contributed by atoms with Gasteiger partial charge in [0.25, 0.3) is 0 Å². The Morgan fingerprint density at radius 2 is 2.22 bits per heavy atom. The van der Waals surface area contributed by atoms with Crippen molar-refractivity contribution >= 4 is 5.82 Å². The highest BCUT2D eigenvalue weighted by atomic mass is 15.2. The number of aromatic nitrogens is 2. The van der Waals surface area contributed by atoms with Crippen LogP contribution in [0, 0.1) is 11.3 Å². The molecule has 0 saturated heterocycles. The normalized spacial score (nSPS) is 18.7. The zero-order valence-electron chi connectivity index (χ0n) is 10.6. The minimum absolute atomic E-state index is 0.303. The van der Waals surface area contributed by atoms with Gasteiger partial charge in [0.1, 0.15) is 11.9 Å². The van der Waals surface area contributed by atoms with Crippen molar-refractivity contribution in [2.75, 3.05) is 18.5 Å². The highest BCUT2D eigenvalue weighted by Crippen LogP contribution is 2.30. The highest BCUT2D eigenvalue weighted by Gasteiger charge is 2.27. The van der Waals surface area contributed by atoms with E-state index in [1.165, 1.54) is 24.8 Å². The molecule has 2 aliphatic rings. The molecule has 3 rings (SSSR count). The maximum Gasteiger partial charge on any atom is 0.234 e. The minimum Gasteiger partial charge on any atom is -0.356 e. The van der Waals surface area contributed by atoms with Gasteiger partial charge in [0.05, 0.1) is 5.69 Å². The number of rotatable bonds is 2. The molecule has 5 heteroatoms. The summed E-state index contributed by atoms with van der Waals surface area (Å²) in [6.45, 7) is 1.74. The van der Waals surface area contributed by atoms with E-state index in [2.05, 4.69) is 33.3 Å². The van der Waals surface area contributed by atoms with Crippen molar-refractivity contribution in [3.63, 3.8) is 0 Å². The number of anilines is 1. The fourth-order valence-corrected chi connectivity index (χ4v) is 2.61. The van der Waals surface area contributed by atoms with Gasteiger partial charge in [0, 0.05) is 38.2 Å². The average molecular weight is 243 g/mol. The molecule has 1 aromatic rings. The molecule has 0 unspecified atom stereocenters. The maximum absolute atomic E-state index is 9.05. The van der Waals surface area contributed by atoms with Crippen LogP contribution in [-0.4, -0.2) is 29.6 Å². The van der Waals surface area contributed by atoms with Crippen LogP contribution >= 0.6 is 0 Å². The Bertz CT molecular complexity index is 501. The molecule has 18 heavy (non-hydrogen) atoms. The van der Waals surface area contributed by atoms with Gasteiger partial charge < -0.3 is 10.2 Å². The van der Waals surface area contributed by atoms with Gasteiger partial charge in [0.15, 0.2) is 0 Å². The summed E-state index contributed by atoms with van der Waals surface area (Å²) in [5.41, 5.74) is 2.22. The Morgan fingerprint density at radius 3 is 2.89 bits per heavy atom. The van der Waals surface area contributed by atoms with Crippen LogP contribution in [-0.2, 0) is 13.0 Å². The SMILES string of the molecule is CN(c1nc(C#N)nc2c1CNCC2)C1CCC1. The van der Waals surface area contributed by atoms with E-state index in [-0.39, 0.29) is 0 Å². The Labute approximate surface area is 107 Å². The Kier molecular flexibility index (Phi) is 2.88. The van der Waals surface area contributed by atoms with Crippen molar-refractivity contribution in [2.24, 2.45) is 0 Å². The molecule has 0 spiro atoms. The average Bonchev–Trinajstić information content (AvgIpc) is 2.35. The summed E-state index contributed by atoms with van der Waals surface area (Å²) in [4.78, 5) is 11.0. The van der Waals surface area contributed by atoms with Crippen molar-refractivity contribution in [3.05, 3.63) is 17.1 Å². The lowest BCUT2D eigenvalue weighted by Crippen LogP contribution is -2.39. The molecular weight excluding hydrogens is 226 g/mol. The lowest BCUT2D eigenvalue weighted by Gasteiger charge is -2.37. The molecule has 1 saturated carbocycles. The Balaban J connectivity index is 2.02. The summed E-state index contributed by atoms with van der Waals surface area (Å²) in [6, 6.07) is 2.66. The van der Waals surface area contributed by atoms with E-state index in [9.17, 15) is 0 Å². The van der Waals surface area contributed by atoms with Crippen LogP contribution < -0.4 is 10.2 Å². The largest absolute Gasteiger partial charge is 0.356 e. The first-order valence-corrected chi connectivity index (χ1v) is 6.53. The molecular formula is C13H17N5. The summed E-state index contributed by atoms with van der Waals surface area (Å²) < 4.78 is 0. The molecule has 0 radical (unpaired) electrons. The molecule has 1 aliphatic heterocycles. The first kappa shape index (κ1) is 11.4. The molecule has 94 valence electrons. The molecule has 0 bridgehead atoms. The van der Waals surface area contributed by atoms with Crippen LogP contribution in [0.1, 0.15) is 36.3 Å². The fourth-order valence-electron chi connectivity index (χ4n) is 2.61. The van der Waals surface area contributed by atoms with Crippen molar-refractivity contribution in [1.29, 1.82) is 5.26 Å². The predicted molar refractivity (Wildman–Crippen MR) is 68.2 cm³/mol. The number of fused-ring (bicyclic) bond motifs is 1. The predicted octanol–water partition coefficient (Wildman–Crippen LogP) is 0.983. The molecule has 0 aromatic carbocycles. The number of nitriles is 1. The van der Waals surface area contributed by atoms with Crippen molar-refractivity contribution in [2.45, 2.75) is 38.3 Å². The number of nitrogens with zero attached hydrogens (tertiary/aromatic N) is 4. The first-order chi connectivity index (χ1) is 8.79. The van der Waals surface area contributed by atoms with Gasteiger partial charge in [-0.25, -0.2) is 9.97 Å². The van der Waals surface area contributed by atoms with Gasteiger partial charge in [-0.15, -0.1) is 0 Å². The highest BCUT2D eigenvalue weighted by molar-refractivity contribution is 5.51. The summed E-state index contributed by atoms with van der Waals surface area (Å²) in [5, 5.41) is 12.4. The summed E-state index contributed by atoms with van der Waals surface area (Å²) >= 11 is 0. The van der Waals surface area contributed by atoms with Crippen LogP contribution in [0.4, 0.5) is 5.82 Å². The van der Waals surface area contributed by atoms with Crippen LogP contribution in [0.3, 0.4) is 0 Å². The molecule has 1 aliphatic carbocycles. The number of hydrogen-bond acceptors (Lipinski definition) is 5. The Morgan fingerprint density at radius 1 is 1.39 bits per heavy atom. The second-order valence-electron chi connectivity index (χ2n) is 5.03. The monoisotopic (exact) mass is 243 g/mol. The van der Waals surface area contributed by atoms with Gasteiger partial charge in [-0.05, 0) is 19.3 Å². The van der Waals surface area contributed by atoms with E-state index in [0.29, 0.717) is 11.9 Å². The first-order valence-electron chi connectivity index (χ1n) is 6.53. The summed E-state index contributed by atoms with van der Waals surface area (Å²) in [7, 11) is 2.09. The van der Waals surface area contributed by atoms with Gasteiger partial charge >= 0.3 is 0 Å². The standard InChI is InChI=1S/C13H17N5/c1-18(9-3-2-4-9)13-10-8-15-6-5-11(10)16-12(7-14)17-13/h9,15H,2-6,8H2,1H3. The van der Waals surface area contributed by atoms with E-state index in [1.807, 2.05) is 0 Å². The van der Waals surface area contributed by atoms with Crippen molar-refractivity contribution in [3.8, 4) is 6.07 Å². The Hall–Kier alpha value is -1.67. The molecule has 0 atom stereocenters.